The number of benzene rings is 2. The zero-order valence-electron chi connectivity index (χ0n) is 8.88. The Bertz CT molecular complexity index is 502. The largest absolute Gasteiger partial charge is 0.488 e. The van der Waals surface area contributed by atoms with E-state index in [4.69, 9.17) is 14.8 Å². The molecule has 0 aliphatic heterocycles. The lowest BCUT2D eigenvalue weighted by atomic mass is 9.80. The van der Waals surface area contributed by atoms with Crippen molar-refractivity contribution in [1.29, 1.82) is 0 Å². The van der Waals surface area contributed by atoms with Crippen LogP contribution in [0.25, 0.3) is 0 Å². The molecule has 0 aromatic heterocycles. The number of para-hydroxylation sites is 1. The summed E-state index contributed by atoms with van der Waals surface area (Å²) < 4.78 is 18.9. The van der Waals surface area contributed by atoms with Crippen LogP contribution in [-0.2, 0) is 0 Å². The molecule has 0 radical (unpaired) electrons. The monoisotopic (exact) mass is 232 g/mol. The Hall–Kier alpha value is -1.85. The predicted octanol–water partition coefficient (Wildman–Crippen LogP) is 1.30. The molecule has 0 saturated carbocycles. The molecular formula is C12H10BFO3. The van der Waals surface area contributed by atoms with Crippen molar-refractivity contribution in [3.05, 3.63) is 54.3 Å². The van der Waals surface area contributed by atoms with Crippen molar-refractivity contribution in [3.8, 4) is 11.5 Å². The van der Waals surface area contributed by atoms with E-state index in [0.717, 1.165) is 6.07 Å². The Morgan fingerprint density at radius 1 is 1.00 bits per heavy atom. The van der Waals surface area contributed by atoms with Crippen molar-refractivity contribution in [1.82, 2.24) is 0 Å². The lowest BCUT2D eigenvalue weighted by molar-refractivity contribution is 0.423. The number of ether oxygens (including phenoxy) is 1. The second kappa shape index (κ2) is 4.99. The van der Waals surface area contributed by atoms with Crippen LogP contribution < -0.4 is 10.2 Å². The number of rotatable bonds is 3. The van der Waals surface area contributed by atoms with E-state index in [9.17, 15) is 4.39 Å². The van der Waals surface area contributed by atoms with Gasteiger partial charge in [-0.05, 0) is 29.7 Å². The van der Waals surface area contributed by atoms with Gasteiger partial charge in [-0.25, -0.2) is 4.39 Å². The summed E-state index contributed by atoms with van der Waals surface area (Å²) in [6, 6.07) is 12.6. The van der Waals surface area contributed by atoms with Crippen LogP contribution in [0.2, 0.25) is 0 Å². The van der Waals surface area contributed by atoms with E-state index in [-0.39, 0.29) is 11.2 Å². The molecule has 86 valence electrons. The topological polar surface area (TPSA) is 49.7 Å². The maximum atomic E-state index is 13.5. The lowest BCUT2D eigenvalue weighted by Crippen LogP contribution is -2.29. The fraction of sp³-hybridized carbons (Fsp3) is 0. The normalized spacial score (nSPS) is 10.1. The zero-order valence-corrected chi connectivity index (χ0v) is 8.88. The molecule has 0 heterocycles. The zero-order chi connectivity index (χ0) is 12.3. The molecule has 0 saturated heterocycles. The van der Waals surface area contributed by atoms with E-state index in [0.29, 0.717) is 5.75 Å². The summed E-state index contributed by atoms with van der Waals surface area (Å²) in [4.78, 5) is 0. The minimum absolute atomic E-state index is 0.0422. The number of halogens is 1. The summed E-state index contributed by atoms with van der Waals surface area (Å²) in [5.41, 5.74) is 0.0860. The van der Waals surface area contributed by atoms with Gasteiger partial charge >= 0.3 is 7.12 Å². The van der Waals surface area contributed by atoms with Crippen LogP contribution in [0.15, 0.2) is 48.5 Å². The average Bonchev–Trinajstić information content (AvgIpc) is 2.33. The average molecular weight is 232 g/mol. The Morgan fingerprint density at radius 3 is 2.29 bits per heavy atom. The Balaban J connectivity index is 2.23. The van der Waals surface area contributed by atoms with Crippen molar-refractivity contribution in [2.45, 2.75) is 0 Å². The smallest absolute Gasteiger partial charge is 0.454 e. The third-order valence-electron chi connectivity index (χ3n) is 2.23. The van der Waals surface area contributed by atoms with Gasteiger partial charge in [0, 0.05) is 0 Å². The van der Waals surface area contributed by atoms with Gasteiger partial charge < -0.3 is 14.8 Å². The molecule has 0 atom stereocenters. The molecule has 3 nitrogen and oxygen atoms in total. The molecule has 0 bridgehead atoms. The van der Waals surface area contributed by atoms with Crippen LogP contribution in [-0.4, -0.2) is 17.2 Å². The van der Waals surface area contributed by atoms with Crippen LogP contribution in [0, 0.1) is 5.82 Å². The third kappa shape index (κ3) is 2.84. The molecule has 0 aliphatic carbocycles. The molecule has 17 heavy (non-hydrogen) atoms. The predicted molar refractivity (Wildman–Crippen MR) is 62.7 cm³/mol. The van der Waals surface area contributed by atoms with Gasteiger partial charge in [-0.3, -0.25) is 0 Å². The highest BCUT2D eigenvalue weighted by Gasteiger charge is 2.14. The summed E-state index contributed by atoms with van der Waals surface area (Å²) in [6.07, 6.45) is 0. The minimum Gasteiger partial charge on any atom is -0.454 e. The van der Waals surface area contributed by atoms with E-state index < -0.39 is 12.9 Å². The van der Waals surface area contributed by atoms with E-state index in [1.54, 1.807) is 24.3 Å². The van der Waals surface area contributed by atoms with Crippen molar-refractivity contribution < 1.29 is 19.2 Å². The third-order valence-corrected chi connectivity index (χ3v) is 2.23. The summed E-state index contributed by atoms with van der Waals surface area (Å²) >= 11 is 0. The molecular weight excluding hydrogens is 222 g/mol. The van der Waals surface area contributed by atoms with Gasteiger partial charge in [-0.1, -0.05) is 24.3 Å². The van der Waals surface area contributed by atoms with Gasteiger partial charge in [0.25, 0.3) is 0 Å². The first kappa shape index (κ1) is 11.6. The molecule has 0 aliphatic rings. The maximum Gasteiger partial charge on any atom is 0.488 e. The van der Waals surface area contributed by atoms with Gasteiger partial charge in [0.2, 0.25) is 0 Å². The fourth-order valence-electron chi connectivity index (χ4n) is 1.38. The Labute approximate surface area is 98.2 Å². The SMILES string of the molecule is OB(O)c1ccc(Oc2ccccc2)c(F)c1. The molecule has 0 spiro atoms. The molecule has 2 N–H and O–H groups in total. The molecule has 5 heteroatoms. The molecule has 0 fully saturated rings. The summed E-state index contributed by atoms with van der Waals surface area (Å²) in [5.74, 6) is -0.0799. The highest BCUT2D eigenvalue weighted by molar-refractivity contribution is 6.58. The second-order valence-electron chi connectivity index (χ2n) is 3.48. The van der Waals surface area contributed by atoms with Gasteiger partial charge in [0.1, 0.15) is 5.75 Å². The van der Waals surface area contributed by atoms with Gasteiger partial charge in [0.05, 0.1) is 0 Å². The summed E-state index contributed by atoms with van der Waals surface area (Å²) in [7, 11) is -1.68. The van der Waals surface area contributed by atoms with Crippen LogP contribution in [0.4, 0.5) is 4.39 Å². The van der Waals surface area contributed by atoms with Gasteiger partial charge in [0.15, 0.2) is 11.6 Å². The van der Waals surface area contributed by atoms with Crippen LogP contribution in [0.3, 0.4) is 0 Å². The second-order valence-corrected chi connectivity index (χ2v) is 3.48. The van der Waals surface area contributed by atoms with Crippen LogP contribution in [0.1, 0.15) is 0 Å². The molecule has 2 rings (SSSR count). The quantitative estimate of drug-likeness (QED) is 0.784. The Morgan fingerprint density at radius 2 is 1.71 bits per heavy atom. The van der Waals surface area contributed by atoms with Crippen molar-refractivity contribution in [2.24, 2.45) is 0 Å². The first-order valence-electron chi connectivity index (χ1n) is 5.05. The van der Waals surface area contributed by atoms with Crippen molar-refractivity contribution in [2.75, 3.05) is 0 Å². The van der Waals surface area contributed by atoms with E-state index in [2.05, 4.69) is 0 Å². The number of hydrogen-bond donors (Lipinski definition) is 2. The highest BCUT2D eigenvalue weighted by atomic mass is 19.1. The summed E-state index contributed by atoms with van der Waals surface area (Å²) in [5, 5.41) is 17.8. The van der Waals surface area contributed by atoms with E-state index in [1.807, 2.05) is 6.07 Å². The highest BCUT2D eigenvalue weighted by Crippen LogP contribution is 2.22. The van der Waals surface area contributed by atoms with E-state index in [1.165, 1.54) is 12.1 Å². The van der Waals surface area contributed by atoms with Gasteiger partial charge in [-0.15, -0.1) is 0 Å². The van der Waals surface area contributed by atoms with Crippen molar-refractivity contribution in [3.63, 3.8) is 0 Å². The maximum absolute atomic E-state index is 13.5. The standard InChI is InChI=1S/C12H10BFO3/c14-11-8-9(13(15)16)6-7-12(11)17-10-4-2-1-3-5-10/h1-8,15-16H. The fourth-order valence-corrected chi connectivity index (χ4v) is 1.38. The van der Waals surface area contributed by atoms with E-state index >= 15 is 0 Å². The van der Waals surface area contributed by atoms with Crippen LogP contribution in [0.5, 0.6) is 11.5 Å². The first-order valence-corrected chi connectivity index (χ1v) is 5.05. The van der Waals surface area contributed by atoms with Gasteiger partial charge in [-0.2, -0.15) is 0 Å². The summed E-state index contributed by atoms with van der Waals surface area (Å²) in [6.45, 7) is 0. The minimum atomic E-state index is -1.68. The molecule has 0 unspecified atom stereocenters. The molecule has 0 amide bonds. The van der Waals surface area contributed by atoms with Crippen molar-refractivity contribution >= 4 is 12.6 Å². The van der Waals surface area contributed by atoms with Crippen LogP contribution >= 0.6 is 0 Å². The number of hydrogen-bond acceptors (Lipinski definition) is 3. The Kier molecular flexibility index (Phi) is 3.42. The molecule has 2 aromatic rings. The first-order chi connectivity index (χ1) is 8.16. The molecule has 2 aromatic carbocycles. The lowest BCUT2D eigenvalue weighted by Gasteiger charge is -2.07.